The van der Waals surface area contributed by atoms with E-state index in [1.54, 1.807) is 6.07 Å². The molecular weight excluding hydrogens is 685 g/mol. The van der Waals surface area contributed by atoms with Gasteiger partial charge in [-0.05, 0) is 47.5 Å². The van der Waals surface area contributed by atoms with Crippen molar-refractivity contribution in [2.75, 3.05) is 33.4 Å². The van der Waals surface area contributed by atoms with Crippen molar-refractivity contribution < 1.29 is 32.2 Å². The van der Waals surface area contributed by atoms with Crippen LogP contribution < -0.4 is 25.4 Å². The van der Waals surface area contributed by atoms with Crippen LogP contribution in [0.15, 0.2) is 75.7 Å². The van der Waals surface area contributed by atoms with E-state index < -0.39 is 36.4 Å². The zero-order valence-corrected chi connectivity index (χ0v) is 25.5. The van der Waals surface area contributed by atoms with Gasteiger partial charge >= 0.3 is 6.18 Å². The Morgan fingerprint density at radius 3 is 2.05 bits per heavy atom. The molecule has 0 spiro atoms. The quantitative estimate of drug-likeness (QED) is 0.322. The van der Waals surface area contributed by atoms with E-state index in [0.29, 0.717) is 0 Å². The van der Waals surface area contributed by atoms with E-state index in [4.69, 9.17) is 9.47 Å². The Morgan fingerprint density at radius 2 is 1.55 bits per heavy atom. The summed E-state index contributed by atoms with van der Waals surface area (Å²) in [7, 11) is 1.38. The molecule has 3 N–H and O–H groups in total. The standard InChI is InChI=1S/C29H27Br2F3N4O4/c1-41-21-10-11-22(23(14-21)42-16-28(32,33)34)29(27(40)38-13-12-35-24(39)15-38)36-25(17-2-6-19(30)7-3-17)26(37-29)18-4-8-20(31)9-5-18/h2-11,14,25-26,36-37H,12-13,15-16H2,1H3,(H,35,39). The summed E-state index contributed by atoms with van der Waals surface area (Å²) in [5, 5.41) is 9.59. The minimum absolute atomic E-state index is 0.130. The largest absolute Gasteiger partial charge is 0.497 e. The number of amides is 2. The van der Waals surface area contributed by atoms with Gasteiger partial charge in [0.25, 0.3) is 5.91 Å². The van der Waals surface area contributed by atoms with Crippen LogP contribution in [-0.4, -0.2) is 56.2 Å². The second kappa shape index (κ2) is 12.2. The van der Waals surface area contributed by atoms with Gasteiger partial charge in [-0.3, -0.25) is 20.2 Å². The number of piperazine rings is 1. The van der Waals surface area contributed by atoms with Crippen LogP contribution in [0.3, 0.4) is 0 Å². The fraction of sp³-hybridized carbons (Fsp3) is 0.310. The minimum Gasteiger partial charge on any atom is -0.497 e. The first-order chi connectivity index (χ1) is 20.0. The number of methoxy groups -OCH3 is 1. The number of hydrogen-bond acceptors (Lipinski definition) is 6. The van der Waals surface area contributed by atoms with E-state index >= 15 is 0 Å². The number of halogens is 5. The first-order valence-electron chi connectivity index (χ1n) is 13.0. The number of nitrogens with zero attached hydrogens (tertiary/aromatic N) is 1. The van der Waals surface area contributed by atoms with Crippen LogP contribution in [0.5, 0.6) is 11.5 Å². The average molecular weight is 712 g/mol. The van der Waals surface area contributed by atoms with Gasteiger partial charge < -0.3 is 19.7 Å². The van der Waals surface area contributed by atoms with E-state index in [2.05, 4.69) is 47.8 Å². The molecule has 8 nitrogen and oxygen atoms in total. The second-order valence-electron chi connectivity index (χ2n) is 9.94. The van der Waals surface area contributed by atoms with Crippen molar-refractivity contribution in [2.45, 2.75) is 23.9 Å². The number of benzene rings is 3. The summed E-state index contributed by atoms with van der Waals surface area (Å²) in [6.07, 6.45) is -4.63. The highest BCUT2D eigenvalue weighted by Gasteiger charge is 2.55. The molecule has 2 atom stereocenters. The highest BCUT2D eigenvalue weighted by molar-refractivity contribution is 9.10. The normalized spacial score (nSPS) is 22.5. The van der Waals surface area contributed by atoms with Gasteiger partial charge in [-0.25, -0.2) is 0 Å². The van der Waals surface area contributed by atoms with E-state index in [0.717, 1.165) is 20.1 Å². The smallest absolute Gasteiger partial charge is 0.422 e. The third-order valence-electron chi connectivity index (χ3n) is 7.17. The van der Waals surface area contributed by atoms with Crippen molar-refractivity contribution in [1.29, 1.82) is 0 Å². The molecule has 42 heavy (non-hydrogen) atoms. The summed E-state index contributed by atoms with van der Waals surface area (Å²) >= 11 is 6.92. The Kier molecular flexibility index (Phi) is 8.83. The van der Waals surface area contributed by atoms with Crippen molar-refractivity contribution in [3.8, 4) is 11.5 Å². The maximum absolute atomic E-state index is 14.5. The zero-order chi connectivity index (χ0) is 30.1. The molecule has 0 bridgehead atoms. The van der Waals surface area contributed by atoms with E-state index in [-0.39, 0.29) is 42.6 Å². The number of ether oxygens (including phenoxy) is 2. The summed E-state index contributed by atoms with van der Waals surface area (Å²) in [6, 6.07) is 18.5. The SMILES string of the molecule is COc1ccc(C2(C(=O)N3CCNC(=O)C3)NC(c3ccc(Br)cc3)C(c3ccc(Br)cc3)N2)c(OCC(F)(F)F)c1. The first kappa shape index (κ1) is 30.3. The Labute approximate surface area is 257 Å². The molecule has 222 valence electrons. The van der Waals surface area contributed by atoms with Gasteiger partial charge in [-0.1, -0.05) is 56.1 Å². The maximum atomic E-state index is 14.5. The van der Waals surface area contributed by atoms with Crippen molar-refractivity contribution in [2.24, 2.45) is 0 Å². The topological polar surface area (TPSA) is 91.9 Å². The molecule has 0 radical (unpaired) electrons. The van der Waals surface area contributed by atoms with Gasteiger partial charge in [0.05, 0.1) is 25.7 Å². The highest BCUT2D eigenvalue weighted by Crippen LogP contribution is 2.45. The Balaban J connectivity index is 1.69. The fourth-order valence-corrected chi connectivity index (χ4v) is 5.76. The highest BCUT2D eigenvalue weighted by atomic mass is 79.9. The van der Waals surface area contributed by atoms with Gasteiger partial charge in [0.15, 0.2) is 12.3 Å². The molecule has 2 aliphatic rings. The van der Waals surface area contributed by atoms with Gasteiger partial charge in [0, 0.05) is 33.7 Å². The van der Waals surface area contributed by atoms with Crippen molar-refractivity contribution in [3.05, 3.63) is 92.4 Å². The molecule has 2 unspecified atom stereocenters. The number of carbonyl (C=O) groups excluding carboxylic acids is 2. The molecule has 2 fully saturated rings. The Morgan fingerprint density at radius 1 is 0.976 bits per heavy atom. The van der Waals surface area contributed by atoms with Crippen molar-refractivity contribution in [1.82, 2.24) is 20.9 Å². The van der Waals surface area contributed by atoms with E-state index in [9.17, 15) is 22.8 Å². The number of hydrogen-bond donors (Lipinski definition) is 3. The Bertz CT molecular complexity index is 1400. The molecule has 3 aromatic rings. The lowest BCUT2D eigenvalue weighted by Crippen LogP contribution is -2.62. The third-order valence-corrected chi connectivity index (χ3v) is 8.22. The van der Waals surface area contributed by atoms with Gasteiger partial charge in [-0.2, -0.15) is 13.2 Å². The zero-order valence-electron chi connectivity index (χ0n) is 22.3. The lowest BCUT2D eigenvalue weighted by Gasteiger charge is -2.38. The summed E-state index contributed by atoms with van der Waals surface area (Å²) in [6.45, 7) is -1.32. The second-order valence-corrected chi connectivity index (χ2v) is 11.8. The molecule has 2 amide bonds. The molecule has 13 heteroatoms. The van der Waals surface area contributed by atoms with Crippen LogP contribution in [0.4, 0.5) is 13.2 Å². The molecule has 0 saturated carbocycles. The maximum Gasteiger partial charge on any atom is 0.422 e. The van der Waals surface area contributed by atoms with Crippen molar-refractivity contribution in [3.63, 3.8) is 0 Å². The van der Waals surface area contributed by atoms with Gasteiger partial charge in [-0.15, -0.1) is 0 Å². The number of nitrogens with one attached hydrogen (secondary N) is 3. The molecule has 0 aromatic heterocycles. The molecule has 2 saturated heterocycles. The summed E-state index contributed by atoms with van der Waals surface area (Å²) in [5.74, 6) is -0.795. The van der Waals surface area contributed by atoms with E-state index in [1.165, 1.54) is 24.1 Å². The van der Waals surface area contributed by atoms with Crippen LogP contribution in [-0.2, 0) is 15.3 Å². The van der Waals surface area contributed by atoms with Crippen LogP contribution in [0.1, 0.15) is 28.8 Å². The van der Waals surface area contributed by atoms with Gasteiger partial charge in [0.2, 0.25) is 5.91 Å². The molecule has 5 rings (SSSR count). The molecule has 3 aromatic carbocycles. The third kappa shape index (κ3) is 6.43. The predicted molar refractivity (Wildman–Crippen MR) is 156 cm³/mol. The molecule has 2 aliphatic heterocycles. The summed E-state index contributed by atoms with van der Waals surface area (Å²) < 4.78 is 52.3. The predicted octanol–water partition coefficient (Wildman–Crippen LogP) is 4.95. The van der Waals surface area contributed by atoms with E-state index in [1.807, 2.05) is 48.5 Å². The first-order valence-corrected chi connectivity index (χ1v) is 14.6. The van der Waals surface area contributed by atoms with Gasteiger partial charge in [0.1, 0.15) is 11.5 Å². The Hall–Kier alpha value is -3.13. The number of rotatable bonds is 7. The number of carbonyl (C=O) groups is 2. The molecular formula is C29H27Br2F3N4O4. The molecule has 2 heterocycles. The minimum atomic E-state index is -4.63. The molecule has 0 aliphatic carbocycles. The lowest BCUT2D eigenvalue weighted by molar-refractivity contribution is -0.154. The summed E-state index contributed by atoms with van der Waals surface area (Å²) in [5.41, 5.74) is 0.0116. The number of alkyl halides is 3. The lowest BCUT2D eigenvalue weighted by atomic mass is 9.95. The van der Waals surface area contributed by atoms with Crippen LogP contribution in [0, 0.1) is 0 Å². The van der Waals surface area contributed by atoms with Crippen LogP contribution >= 0.6 is 31.9 Å². The average Bonchev–Trinajstić information content (AvgIpc) is 3.37. The summed E-state index contributed by atoms with van der Waals surface area (Å²) in [4.78, 5) is 28.2. The van der Waals surface area contributed by atoms with Crippen LogP contribution in [0.2, 0.25) is 0 Å². The van der Waals surface area contributed by atoms with Crippen molar-refractivity contribution >= 4 is 43.7 Å². The fourth-order valence-electron chi connectivity index (χ4n) is 5.23. The van der Waals surface area contributed by atoms with Crippen LogP contribution in [0.25, 0.3) is 0 Å². The monoisotopic (exact) mass is 710 g/mol.